The summed E-state index contributed by atoms with van der Waals surface area (Å²) in [5.41, 5.74) is 2.57. The second-order valence-corrected chi connectivity index (χ2v) is 12.8. The molecule has 0 amide bonds. The zero-order valence-electron chi connectivity index (χ0n) is 23.1. The van der Waals surface area contributed by atoms with Crippen LogP contribution in [0.2, 0.25) is 5.02 Å². The fourth-order valence-corrected chi connectivity index (χ4v) is 8.63. The lowest BCUT2D eigenvalue weighted by Gasteiger charge is -2.31. The van der Waals surface area contributed by atoms with E-state index in [4.69, 9.17) is 16.3 Å². The van der Waals surface area contributed by atoms with Crippen LogP contribution in [0.4, 0.5) is 0 Å². The molecule has 5 nitrogen and oxygen atoms in total. The molecule has 39 heavy (non-hydrogen) atoms. The second kappa shape index (κ2) is 11.2. The van der Waals surface area contributed by atoms with Gasteiger partial charge in [0, 0.05) is 11.1 Å². The maximum atomic E-state index is 12.8. The van der Waals surface area contributed by atoms with Gasteiger partial charge in [0.2, 0.25) is 11.8 Å². The molecule has 6 atom stereocenters. The van der Waals surface area contributed by atoms with E-state index in [1.165, 1.54) is 62.4 Å². The molecule has 4 aliphatic rings. The summed E-state index contributed by atoms with van der Waals surface area (Å²) in [6, 6.07) is 4.92. The Hall–Kier alpha value is -2.40. The molecule has 2 N–H and O–H groups in total. The van der Waals surface area contributed by atoms with Crippen LogP contribution in [0.5, 0.6) is 11.8 Å². The lowest BCUT2D eigenvalue weighted by Crippen LogP contribution is -2.24. The van der Waals surface area contributed by atoms with Crippen LogP contribution in [-0.4, -0.2) is 27.4 Å². The lowest BCUT2D eigenvalue weighted by molar-refractivity contribution is 0.0497. The van der Waals surface area contributed by atoms with Crippen molar-refractivity contribution in [2.45, 2.75) is 95.8 Å². The first kappa shape index (κ1) is 26.8. The Morgan fingerprint density at radius 1 is 0.872 bits per heavy atom. The van der Waals surface area contributed by atoms with Crippen LogP contribution in [0.1, 0.15) is 117 Å². The molecule has 6 rings (SSSR count). The number of fused-ring (bicyclic) bond motifs is 12. The van der Waals surface area contributed by atoms with Crippen molar-refractivity contribution in [3.05, 3.63) is 52.1 Å². The number of carbonyl (C=O) groups is 1. The number of hydrogen-bond donors (Lipinski definition) is 2. The topological polar surface area (TPSA) is 71.7 Å². The molecule has 1 aromatic carbocycles. The summed E-state index contributed by atoms with van der Waals surface area (Å²) in [5.74, 6) is 2.57. The molecule has 0 radical (unpaired) electrons. The van der Waals surface area contributed by atoms with Gasteiger partial charge in [-0.25, -0.2) is 9.36 Å². The Morgan fingerprint density at radius 3 is 2.03 bits per heavy atom. The van der Waals surface area contributed by atoms with E-state index in [1.807, 2.05) is 0 Å². The smallest absolute Gasteiger partial charge is 0.338 e. The minimum Gasteiger partial charge on any atom is -0.494 e. The lowest BCUT2D eigenvalue weighted by atomic mass is 9.72. The van der Waals surface area contributed by atoms with E-state index >= 15 is 0 Å². The van der Waals surface area contributed by atoms with Gasteiger partial charge in [-0.3, -0.25) is 0 Å². The Morgan fingerprint density at radius 2 is 1.44 bits per heavy atom. The Bertz CT molecular complexity index is 1200. The molecule has 6 heteroatoms. The van der Waals surface area contributed by atoms with Crippen molar-refractivity contribution in [2.75, 3.05) is 6.61 Å². The molecule has 0 spiro atoms. The van der Waals surface area contributed by atoms with Gasteiger partial charge in [-0.15, -0.1) is 0 Å². The number of aromatic nitrogens is 1. The number of aromatic hydroxyl groups is 2. The fraction of sp³-hybridized carbons (Fsp3) is 0.606. The highest BCUT2D eigenvalue weighted by Gasteiger charge is 2.62. The average Bonchev–Trinajstić information content (AvgIpc) is 3.74. The van der Waals surface area contributed by atoms with Gasteiger partial charge in [0.25, 0.3) is 0 Å². The number of carbonyl (C=O) groups excluding carboxylic acids is 1. The van der Waals surface area contributed by atoms with E-state index in [-0.39, 0.29) is 23.6 Å². The first-order valence-corrected chi connectivity index (χ1v) is 15.7. The predicted octanol–water partition coefficient (Wildman–Crippen LogP) is 8.64. The number of ether oxygens (including phenoxy) is 1. The third-order valence-electron chi connectivity index (χ3n) is 10.1. The summed E-state index contributed by atoms with van der Waals surface area (Å²) in [5, 5.41) is 23.1. The van der Waals surface area contributed by atoms with Gasteiger partial charge >= 0.3 is 5.97 Å². The Kier molecular flexibility index (Phi) is 7.72. The highest BCUT2D eigenvalue weighted by atomic mass is 35.5. The molecule has 4 bridgehead atoms. The Labute approximate surface area is 237 Å². The predicted molar refractivity (Wildman–Crippen MR) is 154 cm³/mol. The highest BCUT2D eigenvalue weighted by molar-refractivity contribution is 6.32. The van der Waals surface area contributed by atoms with E-state index in [9.17, 15) is 15.0 Å². The number of esters is 1. The van der Waals surface area contributed by atoms with Crippen molar-refractivity contribution in [3.63, 3.8) is 0 Å². The van der Waals surface area contributed by atoms with E-state index in [1.54, 1.807) is 18.2 Å². The van der Waals surface area contributed by atoms with E-state index in [0.29, 0.717) is 46.6 Å². The molecule has 2 fully saturated rings. The van der Waals surface area contributed by atoms with Crippen molar-refractivity contribution < 1.29 is 19.7 Å². The minimum atomic E-state index is -0.403. The van der Waals surface area contributed by atoms with Crippen molar-refractivity contribution >= 4 is 17.6 Å². The summed E-state index contributed by atoms with van der Waals surface area (Å²) in [6.45, 7) is 2.64. The van der Waals surface area contributed by atoms with Crippen molar-refractivity contribution in [3.8, 4) is 17.4 Å². The van der Waals surface area contributed by atoms with E-state index in [0.717, 1.165) is 30.4 Å². The summed E-state index contributed by atoms with van der Waals surface area (Å²) in [4.78, 5) is 12.8. The van der Waals surface area contributed by atoms with Crippen LogP contribution in [0.15, 0.2) is 30.4 Å². The maximum Gasteiger partial charge on any atom is 0.338 e. The van der Waals surface area contributed by atoms with Crippen LogP contribution in [0, 0.1) is 23.7 Å². The molecule has 6 unspecified atom stereocenters. The quantitative estimate of drug-likeness (QED) is 0.113. The Balaban J connectivity index is 1.07. The normalized spacial score (nSPS) is 27.3. The largest absolute Gasteiger partial charge is 0.494 e. The van der Waals surface area contributed by atoms with Crippen LogP contribution in [0.25, 0.3) is 5.69 Å². The van der Waals surface area contributed by atoms with Crippen LogP contribution in [-0.2, 0) is 4.74 Å². The third-order valence-corrected chi connectivity index (χ3v) is 10.4. The zero-order chi connectivity index (χ0) is 27.1. The number of allylic oxidation sites excluding steroid dienone is 2. The van der Waals surface area contributed by atoms with Gasteiger partial charge < -0.3 is 14.9 Å². The fourth-order valence-electron chi connectivity index (χ4n) is 8.43. The van der Waals surface area contributed by atoms with Gasteiger partial charge in [0.15, 0.2) is 0 Å². The summed E-state index contributed by atoms with van der Waals surface area (Å²) in [7, 11) is 0. The molecule has 0 aliphatic heterocycles. The highest BCUT2D eigenvalue weighted by Crippen LogP contribution is 2.72. The number of hydrogen-bond acceptors (Lipinski definition) is 4. The number of halogens is 1. The molecular formula is C33H42ClNO4. The van der Waals surface area contributed by atoms with Gasteiger partial charge in [-0.2, -0.15) is 0 Å². The van der Waals surface area contributed by atoms with Crippen LogP contribution in [0.3, 0.4) is 0 Å². The monoisotopic (exact) mass is 551 g/mol. The van der Waals surface area contributed by atoms with Gasteiger partial charge in [0.05, 0.1) is 22.9 Å². The summed E-state index contributed by atoms with van der Waals surface area (Å²) >= 11 is 6.56. The molecular weight excluding hydrogens is 510 g/mol. The van der Waals surface area contributed by atoms with Crippen molar-refractivity contribution in [1.29, 1.82) is 0 Å². The second-order valence-electron chi connectivity index (χ2n) is 12.3. The molecule has 1 aromatic heterocycles. The third kappa shape index (κ3) is 4.69. The molecule has 2 saturated carbocycles. The number of nitrogens with zero attached hydrogens (tertiary/aromatic N) is 1. The number of unbranched alkanes of at least 4 members (excludes halogenated alkanes) is 9. The van der Waals surface area contributed by atoms with Gasteiger partial charge in [-0.1, -0.05) is 88.5 Å². The number of rotatable bonds is 13. The first-order valence-electron chi connectivity index (χ1n) is 15.3. The van der Waals surface area contributed by atoms with E-state index < -0.39 is 5.97 Å². The zero-order valence-corrected chi connectivity index (χ0v) is 23.8. The molecule has 0 saturated heterocycles. The van der Waals surface area contributed by atoms with Crippen LogP contribution < -0.4 is 0 Å². The molecule has 4 aliphatic carbocycles. The van der Waals surface area contributed by atoms with Gasteiger partial charge in [0.1, 0.15) is 0 Å². The van der Waals surface area contributed by atoms with Crippen molar-refractivity contribution in [1.82, 2.24) is 4.57 Å². The van der Waals surface area contributed by atoms with Crippen molar-refractivity contribution in [2.24, 2.45) is 23.7 Å². The standard InChI is InChI=1S/C33H42ClNO4/c1-2-3-4-5-6-7-8-9-10-11-16-39-33(38)22-14-15-25(34)26(18-22)35-31(36)29-23-19-24(30(29)32(35)37)28-21-13-12-20(17-21)27(23)28/h12-15,18,20-21,23-24,27-28,36-37H,2-11,16-17,19H2,1H3. The molecule has 1 heterocycles. The SMILES string of the molecule is CCCCCCCCCCCCOC(=O)c1ccc(Cl)c(-n2c(O)c3c(c2O)C2CC3C3C4C=CC(C4)C23)c1. The minimum absolute atomic E-state index is 0.0676. The summed E-state index contributed by atoms with van der Waals surface area (Å²) < 4.78 is 7.00. The van der Waals surface area contributed by atoms with Crippen LogP contribution >= 0.6 is 11.6 Å². The maximum absolute atomic E-state index is 12.8. The average molecular weight is 552 g/mol. The molecule has 2 aromatic rings. The van der Waals surface area contributed by atoms with Gasteiger partial charge in [-0.05, 0) is 73.0 Å². The first-order chi connectivity index (χ1) is 19.0. The van der Waals surface area contributed by atoms with E-state index in [2.05, 4.69) is 19.1 Å². The summed E-state index contributed by atoms with van der Waals surface area (Å²) in [6.07, 6.45) is 19.2. The molecule has 210 valence electrons. The number of benzene rings is 1.